The largest absolute Gasteiger partial charge is 0.573 e. The summed E-state index contributed by atoms with van der Waals surface area (Å²) in [7, 11) is 0. The van der Waals surface area contributed by atoms with Gasteiger partial charge in [0.25, 0.3) is 0 Å². The van der Waals surface area contributed by atoms with E-state index >= 15 is 0 Å². The highest BCUT2D eigenvalue weighted by Crippen LogP contribution is 2.28. The number of rotatable bonds is 1. The van der Waals surface area contributed by atoms with E-state index in [9.17, 15) is 17.6 Å². The minimum Gasteiger partial charge on any atom is -0.407 e. The fourth-order valence-corrected chi connectivity index (χ4v) is 0.775. The Bertz CT molecular complexity index is 380. The van der Waals surface area contributed by atoms with E-state index in [1.54, 1.807) is 0 Å². The summed E-state index contributed by atoms with van der Waals surface area (Å²) in [6, 6.07) is 2.24. The molecule has 0 saturated carbocycles. The molecule has 6 heteroatoms. The van der Waals surface area contributed by atoms with Crippen LogP contribution in [0.1, 0.15) is 0 Å². The van der Waals surface area contributed by atoms with Crippen LogP contribution in [0.3, 0.4) is 0 Å². The highest BCUT2D eigenvalue weighted by molar-refractivity contribution is 5.50. The second-order valence-corrected chi connectivity index (χ2v) is 2.27. The van der Waals surface area contributed by atoms with Crippen LogP contribution in [0.15, 0.2) is 18.2 Å². The second-order valence-electron chi connectivity index (χ2n) is 2.27. The van der Waals surface area contributed by atoms with Gasteiger partial charge in [-0.15, -0.1) is 13.2 Å². The van der Waals surface area contributed by atoms with Crippen molar-refractivity contribution in [2.75, 3.05) is 0 Å². The lowest BCUT2D eigenvalue weighted by Gasteiger charge is -2.08. The zero-order valence-electron chi connectivity index (χ0n) is 6.60. The average Bonchev–Trinajstić information content (AvgIpc) is 2.06. The van der Waals surface area contributed by atoms with Gasteiger partial charge in [-0.1, -0.05) is 0 Å². The molecule has 14 heavy (non-hydrogen) atoms. The van der Waals surface area contributed by atoms with E-state index in [0.717, 1.165) is 12.1 Å². The van der Waals surface area contributed by atoms with E-state index in [1.807, 2.05) is 0 Å². The summed E-state index contributed by atoms with van der Waals surface area (Å²) >= 11 is 0. The fourth-order valence-electron chi connectivity index (χ4n) is 0.775. The Balaban J connectivity index is 2.97. The van der Waals surface area contributed by atoms with Crippen molar-refractivity contribution in [2.24, 2.45) is 0 Å². The van der Waals surface area contributed by atoms with Crippen molar-refractivity contribution >= 4 is 5.69 Å². The molecule has 1 rings (SSSR count). The molecule has 74 valence electrons. The SMILES string of the molecule is [C-]#[N+]c1cc(OC(F)(F)F)ccc1F. The Morgan fingerprint density at radius 2 is 1.93 bits per heavy atom. The smallest absolute Gasteiger partial charge is 0.407 e. The molecule has 0 aliphatic carbocycles. The molecule has 0 aliphatic heterocycles. The van der Waals surface area contributed by atoms with Gasteiger partial charge in [0.2, 0.25) is 5.69 Å². The quantitative estimate of drug-likeness (QED) is 0.506. The number of halogens is 4. The molecule has 0 saturated heterocycles. The van der Waals surface area contributed by atoms with E-state index < -0.39 is 23.6 Å². The summed E-state index contributed by atoms with van der Waals surface area (Å²) < 4.78 is 51.2. The third kappa shape index (κ3) is 2.62. The van der Waals surface area contributed by atoms with Gasteiger partial charge < -0.3 is 4.74 Å². The number of nitrogens with zero attached hydrogens (tertiary/aromatic N) is 1. The van der Waals surface area contributed by atoms with Gasteiger partial charge >= 0.3 is 6.36 Å². The van der Waals surface area contributed by atoms with Crippen LogP contribution in [0.2, 0.25) is 0 Å². The predicted molar refractivity (Wildman–Crippen MR) is 39.3 cm³/mol. The maximum Gasteiger partial charge on any atom is 0.573 e. The van der Waals surface area contributed by atoms with Crippen LogP contribution in [0.5, 0.6) is 5.75 Å². The normalized spacial score (nSPS) is 10.8. The zero-order valence-corrected chi connectivity index (χ0v) is 6.60. The first-order valence-electron chi connectivity index (χ1n) is 3.35. The minimum absolute atomic E-state index is 0.508. The molecular weight excluding hydrogens is 202 g/mol. The van der Waals surface area contributed by atoms with Crippen LogP contribution in [0.25, 0.3) is 4.85 Å². The molecule has 0 spiro atoms. The second kappa shape index (κ2) is 3.54. The highest BCUT2D eigenvalue weighted by Gasteiger charge is 2.31. The number of hydrogen-bond acceptors (Lipinski definition) is 1. The van der Waals surface area contributed by atoms with Crippen molar-refractivity contribution in [1.29, 1.82) is 0 Å². The van der Waals surface area contributed by atoms with Crippen LogP contribution in [0.4, 0.5) is 23.2 Å². The molecule has 1 aromatic rings. The summed E-state index contributed by atoms with van der Waals surface area (Å²) in [5.74, 6) is -1.49. The molecule has 0 bridgehead atoms. The van der Waals surface area contributed by atoms with Gasteiger partial charge in [0.1, 0.15) is 11.6 Å². The van der Waals surface area contributed by atoms with E-state index in [1.165, 1.54) is 0 Å². The van der Waals surface area contributed by atoms with Crippen molar-refractivity contribution in [3.8, 4) is 5.75 Å². The third-order valence-corrected chi connectivity index (χ3v) is 1.27. The molecule has 0 fully saturated rings. The Morgan fingerprint density at radius 1 is 1.29 bits per heavy atom. The topological polar surface area (TPSA) is 13.6 Å². The molecule has 0 N–H and O–H groups in total. The Morgan fingerprint density at radius 3 is 2.43 bits per heavy atom. The van der Waals surface area contributed by atoms with Gasteiger partial charge in [-0.05, 0) is 18.2 Å². The van der Waals surface area contributed by atoms with E-state index in [2.05, 4.69) is 9.58 Å². The number of hydrogen-bond donors (Lipinski definition) is 0. The van der Waals surface area contributed by atoms with Gasteiger partial charge in [0.05, 0.1) is 6.57 Å². The molecule has 0 amide bonds. The summed E-state index contributed by atoms with van der Waals surface area (Å²) in [6.45, 7) is 6.46. The number of alkyl halides is 3. The summed E-state index contributed by atoms with van der Waals surface area (Å²) in [5, 5.41) is 0. The zero-order chi connectivity index (χ0) is 10.8. The first-order chi connectivity index (χ1) is 6.42. The van der Waals surface area contributed by atoms with Crippen LogP contribution in [-0.2, 0) is 0 Å². The monoisotopic (exact) mass is 205 g/mol. The Labute approximate surface area is 76.5 Å². The molecular formula is C8H3F4NO. The van der Waals surface area contributed by atoms with E-state index in [-0.39, 0.29) is 0 Å². The number of ether oxygens (including phenoxy) is 1. The van der Waals surface area contributed by atoms with Gasteiger partial charge in [-0.3, -0.25) is 0 Å². The Kier molecular flexibility index (Phi) is 2.60. The van der Waals surface area contributed by atoms with Gasteiger partial charge in [-0.2, -0.15) is 0 Å². The first kappa shape index (κ1) is 10.3. The lowest BCUT2D eigenvalue weighted by molar-refractivity contribution is -0.274. The first-order valence-corrected chi connectivity index (χ1v) is 3.35. The van der Waals surface area contributed by atoms with Gasteiger partial charge in [-0.25, -0.2) is 9.24 Å². The highest BCUT2D eigenvalue weighted by atomic mass is 19.4. The Hall–Kier alpha value is -1.77. The standard InChI is InChI=1S/C8H3F4NO/c1-13-7-4-5(2-3-6(7)9)14-8(10,11)12/h2-4H. The maximum atomic E-state index is 12.7. The lowest BCUT2D eigenvalue weighted by atomic mass is 10.3. The maximum absolute atomic E-state index is 12.7. The minimum atomic E-state index is -4.84. The summed E-state index contributed by atoms with van der Waals surface area (Å²) in [5.41, 5.74) is -0.508. The molecule has 0 heterocycles. The molecule has 0 unspecified atom stereocenters. The van der Waals surface area contributed by atoms with Crippen LogP contribution < -0.4 is 4.74 Å². The molecule has 0 radical (unpaired) electrons. The van der Waals surface area contributed by atoms with Crippen LogP contribution in [-0.4, -0.2) is 6.36 Å². The van der Waals surface area contributed by atoms with Gasteiger partial charge in [0.15, 0.2) is 0 Å². The molecule has 2 nitrogen and oxygen atoms in total. The molecule has 0 aromatic heterocycles. The van der Waals surface area contributed by atoms with E-state index in [4.69, 9.17) is 6.57 Å². The molecule has 0 atom stereocenters. The van der Waals surface area contributed by atoms with Gasteiger partial charge in [0, 0.05) is 0 Å². The summed E-state index contributed by atoms with van der Waals surface area (Å²) in [6.07, 6.45) is -4.84. The van der Waals surface area contributed by atoms with Crippen molar-refractivity contribution in [3.63, 3.8) is 0 Å². The van der Waals surface area contributed by atoms with Crippen molar-refractivity contribution in [1.82, 2.24) is 0 Å². The third-order valence-electron chi connectivity index (χ3n) is 1.27. The fraction of sp³-hybridized carbons (Fsp3) is 0.125. The average molecular weight is 205 g/mol. The van der Waals surface area contributed by atoms with Crippen molar-refractivity contribution in [2.45, 2.75) is 6.36 Å². The van der Waals surface area contributed by atoms with E-state index in [0.29, 0.717) is 6.07 Å². The van der Waals surface area contributed by atoms with Crippen LogP contribution in [0, 0.1) is 12.4 Å². The predicted octanol–water partition coefficient (Wildman–Crippen LogP) is 3.28. The molecule has 1 aromatic carbocycles. The lowest BCUT2D eigenvalue weighted by Crippen LogP contribution is -2.17. The van der Waals surface area contributed by atoms with Crippen molar-refractivity contribution in [3.05, 3.63) is 35.4 Å². The van der Waals surface area contributed by atoms with Crippen molar-refractivity contribution < 1.29 is 22.3 Å². The molecule has 0 aliphatic rings. The number of benzene rings is 1. The van der Waals surface area contributed by atoms with Crippen LogP contribution >= 0.6 is 0 Å². The summed E-state index contributed by atoms with van der Waals surface area (Å²) in [4.78, 5) is 2.69.